The molecule has 2 aromatic heterocycles. The molecule has 0 aliphatic carbocycles. The van der Waals surface area contributed by atoms with Gasteiger partial charge in [0, 0.05) is 24.5 Å². The quantitative estimate of drug-likeness (QED) is 0.586. The Balaban J connectivity index is 1.67. The summed E-state index contributed by atoms with van der Waals surface area (Å²) in [6.45, 7) is 2.94. The summed E-state index contributed by atoms with van der Waals surface area (Å²) in [4.78, 5) is 18.1. The maximum atomic E-state index is 4.71. The van der Waals surface area contributed by atoms with E-state index < -0.39 is 0 Å². The molecule has 0 bridgehead atoms. The largest absolute Gasteiger partial charge is 0.367 e. The molecular formula is C21H19N5. The number of nitrogens with zero attached hydrogens (tertiary/aromatic N) is 4. The van der Waals surface area contributed by atoms with Gasteiger partial charge in [-0.15, -0.1) is 0 Å². The van der Waals surface area contributed by atoms with E-state index >= 15 is 0 Å². The van der Waals surface area contributed by atoms with Gasteiger partial charge in [-0.3, -0.25) is 0 Å². The number of hydrogen-bond acceptors (Lipinski definition) is 5. The van der Waals surface area contributed by atoms with Crippen molar-refractivity contribution in [1.29, 1.82) is 0 Å². The number of benzene rings is 2. The molecule has 0 radical (unpaired) electrons. The Kier molecular flexibility index (Phi) is 4.51. The van der Waals surface area contributed by atoms with Crippen molar-refractivity contribution in [3.63, 3.8) is 0 Å². The number of rotatable bonds is 5. The van der Waals surface area contributed by atoms with Crippen LogP contribution in [0.5, 0.6) is 0 Å². The Morgan fingerprint density at radius 3 is 2.31 bits per heavy atom. The van der Waals surface area contributed by atoms with Gasteiger partial charge < -0.3 is 5.32 Å². The highest BCUT2D eigenvalue weighted by Gasteiger charge is 2.12. The first kappa shape index (κ1) is 16.1. The lowest BCUT2D eigenvalue weighted by Gasteiger charge is -2.15. The predicted molar refractivity (Wildman–Crippen MR) is 104 cm³/mol. The number of nitrogens with one attached hydrogen (secondary N) is 1. The zero-order chi connectivity index (χ0) is 17.8. The van der Waals surface area contributed by atoms with Crippen LogP contribution in [0.2, 0.25) is 0 Å². The van der Waals surface area contributed by atoms with Crippen molar-refractivity contribution >= 4 is 17.0 Å². The number of fused-ring (bicyclic) bond motifs is 1. The maximum Gasteiger partial charge on any atom is 0.184 e. The fraction of sp³-hybridized carbons (Fsp3) is 0.143. The molecule has 0 spiro atoms. The van der Waals surface area contributed by atoms with E-state index in [9.17, 15) is 0 Å². The van der Waals surface area contributed by atoms with Crippen LogP contribution in [-0.2, 0) is 0 Å². The zero-order valence-electron chi connectivity index (χ0n) is 14.5. The SMILES string of the molecule is C[C@H](CNc1nc(-c2ccccc2)nc2nccnc12)c1ccccc1. The van der Waals surface area contributed by atoms with E-state index in [0.717, 1.165) is 12.1 Å². The first-order chi connectivity index (χ1) is 12.8. The van der Waals surface area contributed by atoms with Gasteiger partial charge in [0.1, 0.15) is 5.52 Å². The number of hydrogen-bond donors (Lipinski definition) is 1. The molecule has 5 nitrogen and oxygen atoms in total. The average Bonchev–Trinajstić information content (AvgIpc) is 2.73. The van der Waals surface area contributed by atoms with Crippen LogP contribution in [0.25, 0.3) is 22.6 Å². The van der Waals surface area contributed by atoms with Crippen LogP contribution in [-0.4, -0.2) is 26.5 Å². The summed E-state index contributed by atoms with van der Waals surface area (Å²) in [6, 6.07) is 20.3. The second kappa shape index (κ2) is 7.27. The summed E-state index contributed by atoms with van der Waals surface area (Å²) in [7, 11) is 0. The fourth-order valence-corrected chi connectivity index (χ4v) is 2.85. The Morgan fingerprint density at radius 2 is 1.54 bits per heavy atom. The van der Waals surface area contributed by atoms with Gasteiger partial charge in [-0.1, -0.05) is 67.6 Å². The van der Waals surface area contributed by atoms with Crippen molar-refractivity contribution in [1.82, 2.24) is 19.9 Å². The normalized spacial score (nSPS) is 12.0. The minimum Gasteiger partial charge on any atom is -0.367 e. The van der Waals surface area contributed by atoms with Crippen molar-refractivity contribution in [3.05, 3.63) is 78.6 Å². The minimum atomic E-state index is 0.345. The Labute approximate surface area is 152 Å². The summed E-state index contributed by atoms with van der Waals surface area (Å²) in [6.07, 6.45) is 3.32. The second-order valence-corrected chi connectivity index (χ2v) is 6.18. The summed E-state index contributed by atoms with van der Waals surface area (Å²) in [5.41, 5.74) is 3.52. The molecule has 26 heavy (non-hydrogen) atoms. The van der Waals surface area contributed by atoms with Crippen LogP contribution in [0.1, 0.15) is 18.4 Å². The predicted octanol–water partition coefficient (Wildman–Crippen LogP) is 4.30. The van der Waals surface area contributed by atoms with Crippen molar-refractivity contribution in [2.24, 2.45) is 0 Å². The Hall–Kier alpha value is -3.34. The molecule has 5 heteroatoms. The lowest BCUT2D eigenvalue weighted by Crippen LogP contribution is -2.12. The highest BCUT2D eigenvalue weighted by Crippen LogP contribution is 2.23. The van der Waals surface area contributed by atoms with Gasteiger partial charge in [0.05, 0.1) is 0 Å². The second-order valence-electron chi connectivity index (χ2n) is 6.18. The van der Waals surface area contributed by atoms with E-state index in [-0.39, 0.29) is 0 Å². The summed E-state index contributed by atoms with van der Waals surface area (Å²) in [5, 5.41) is 3.44. The highest BCUT2D eigenvalue weighted by molar-refractivity contribution is 5.84. The van der Waals surface area contributed by atoms with Gasteiger partial charge in [0.2, 0.25) is 0 Å². The van der Waals surface area contributed by atoms with Crippen molar-refractivity contribution in [3.8, 4) is 11.4 Å². The average molecular weight is 341 g/mol. The third-order valence-corrected chi connectivity index (χ3v) is 4.31. The maximum absolute atomic E-state index is 4.71. The van der Waals surface area contributed by atoms with Gasteiger partial charge in [-0.05, 0) is 11.5 Å². The van der Waals surface area contributed by atoms with Crippen LogP contribution in [0.15, 0.2) is 73.1 Å². The molecule has 2 aromatic carbocycles. The van der Waals surface area contributed by atoms with E-state index in [0.29, 0.717) is 28.7 Å². The molecular weight excluding hydrogens is 322 g/mol. The minimum absolute atomic E-state index is 0.345. The molecule has 0 saturated carbocycles. The lowest BCUT2D eigenvalue weighted by molar-refractivity contribution is 0.802. The molecule has 4 rings (SSSR count). The molecule has 1 atom stereocenters. The van der Waals surface area contributed by atoms with Gasteiger partial charge >= 0.3 is 0 Å². The van der Waals surface area contributed by atoms with Crippen LogP contribution in [0, 0.1) is 0 Å². The van der Waals surface area contributed by atoms with E-state index in [2.05, 4.69) is 51.5 Å². The zero-order valence-corrected chi connectivity index (χ0v) is 14.5. The van der Waals surface area contributed by atoms with Gasteiger partial charge in [-0.25, -0.2) is 19.9 Å². The molecule has 0 fully saturated rings. The van der Waals surface area contributed by atoms with E-state index in [1.54, 1.807) is 12.4 Å². The first-order valence-corrected chi connectivity index (χ1v) is 8.64. The molecule has 128 valence electrons. The van der Waals surface area contributed by atoms with Gasteiger partial charge in [-0.2, -0.15) is 0 Å². The number of anilines is 1. The molecule has 2 heterocycles. The van der Waals surface area contributed by atoms with E-state index in [1.165, 1.54) is 5.56 Å². The Bertz CT molecular complexity index is 1000. The monoisotopic (exact) mass is 341 g/mol. The van der Waals surface area contributed by atoms with Crippen molar-refractivity contribution in [2.75, 3.05) is 11.9 Å². The summed E-state index contributed by atoms with van der Waals surface area (Å²) >= 11 is 0. The molecule has 1 N–H and O–H groups in total. The molecule has 0 saturated heterocycles. The fourth-order valence-electron chi connectivity index (χ4n) is 2.85. The molecule has 0 aliphatic rings. The third-order valence-electron chi connectivity index (χ3n) is 4.31. The summed E-state index contributed by atoms with van der Waals surface area (Å²) in [5.74, 6) is 1.70. The molecule has 4 aromatic rings. The molecule has 0 unspecified atom stereocenters. The molecule has 0 amide bonds. The lowest BCUT2D eigenvalue weighted by atomic mass is 10.0. The van der Waals surface area contributed by atoms with E-state index in [1.807, 2.05) is 36.4 Å². The number of aromatic nitrogens is 4. The highest BCUT2D eigenvalue weighted by atomic mass is 15.1. The van der Waals surface area contributed by atoms with Gasteiger partial charge in [0.25, 0.3) is 0 Å². The summed E-state index contributed by atoms with van der Waals surface area (Å²) < 4.78 is 0. The molecule has 0 aliphatic heterocycles. The smallest absolute Gasteiger partial charge is 0.184 e. The van der Waals surface area contributed by atoms with Crippen LogP contribution >= 0.6 is 0 Å². The third kappa shape index (κ3) is 3.37. The van der Waals surface area contributed by atoms with Gasteiger partial charge in [0.15, 0.2) is 17.3 Å². The van der Waals surface area contributed by atoms with Crippen LogP contribution < -0.4 is 5.32 Å². The Morgan fingerprint density at radius 1 is 0.846 bits per heavy atom. The van der Waals surface area contributed by atoms with Crippen LogP contribution in [0.3, 0.4) is 0 Å². The van der Waals surface area contributed by atoms with Crippen molar-refractivity contribution in [2.45, 2.75) is 12.8 Å². The first-order valence-electron chi connectivity index (χ1n) is 8.64. The van der Waals surface area contributed by atoms with Crippen LogP contribution in [0.4, 0.5) is 5.82 Å². The topological polar surface area (TPSA) is 63.6 Å². The standard InChI is InChI=1S/C21H19N5/c1-15(16-8-4-2-5-9-16)14-24-21-18-20(23-13-12-22-18)25-19(26-21)17-10-6-3-7-11-17/h2-13,15H,14H2,1H3,(H,23,24,25,26)/t15-/m1/s1. The van der Waals surface area contributed by atoms with E-state index in [4.69, 9.17) is 4.98 Å². The van der Waals surface area contributed by atoms with Crippen molar-refractivity contribution < 1.29 is 0 Å².